The summed E-state index contributed by atoms with van der Waals surface area (Å²) in [7, 11) is 0. The molecule has 1 aliphatic rings. The van der Waals surface area contributed by atoms with Crippen LogP contribution in [0.15, 0.2) is 58.7 Å². The van der Waals surface area contributed by atoms with Crippen LogP contribution < -0.4 is 5.56 Å². The smallest absolute Gasteiger partial charge is 0.416 e. The summed E-state index contributed by atoms with van der Waals surface area (Å²) in [6, 6.07) is 9.98. The number of benzene rings is 2. The number of fused-ring (bicyclic) bond motifs is 1. The van der Waals surface area contributed by atoms with E-state index in [1.165, 1.54) is 22.4 Å². The molecule has 0 atom stereocenters. The average Bonchev–Trinajstić information content (AvgIpc) is 3.54. The second-order valence-corrected chi connectivity index (χ2v) is 9.50. The molecule has 6 nitrogen and oxygen atoms in total. The van der Waals surface area contributed by atoms with Gasteiger partial charge in [-0.15, -0.1) is 0 Å². The highest BCUT2D eigenvalue weighted by atomic mass is 35.5. The fourth-order valence-corrected chi connectivity index (χ4v) is 4.79. The number of nitrogens with zero attached hydrogens (tertiary/aromatic N) is 4. The van der Waals surface area contributed by atoms with E-state index in [9.17, 15) is 23.1 Å². The third kappa shape index (κ3) is 4.39. The van der Waals surface area contributed by atoms with Gasteiger partial charge in [0.25, 0.3) is 5.56 Å². The maximum Gasteiger partial charge on any atom is 0.416 e. The van der Waals surface area contributed by atoms with E-state index in [-0.39, 0.29) is 23.5 Å². The van der Waals surface area contributed by atoms with Gasteiger partial charge in [-0.2, -0.15) is 13.2 Å². The Labute approximate surface area is 201 Å². The monoisotopic (exact) mass is 506 g/mol. The molecule has 0 amide bonds. The van der Waals surface area contributed by atoms with Crippen molar-refractivity contribution in [1.82, 2.24) is 19.1 Å². The minimum absolute atomic E-state index is 0.270. The number of phenols is 1. The topological polar surface area (TPSA) is 72.9 Å². The zero-order chi connectivity index (χ0) is 24.0. The van der Waals surface area contributed by atoms with Gasteiger partial charge in [-0.05, 0) is 61.2 Å². The van der Waals surface area contributed by atoms with E-state index >= 15 is 0 Å². The number of aromatic hydroxyl groups is 1. The molecule has 0 saturated heterocycles. The largest absolute Gasteiger partial charge is 0.508 e. The van der Waals surface area contributed by atoms with Crippen LogP contribution in [0.2, 0.25) is 5.02 Å². The number of hydrogen-bond donors (Lipinski definition) is 1. The van der Waals surface area contributed by atoms with Gasteiger partial charge >= 0.3 is 6.18 Å². The second-order valence-electron chi connectivity index (χ2n) is 8.01. The molecule has 5 rings (SSSR count). The van der Waals surface area contributed by atoms with Crippen LogP contribution in [-0.4, -0.2) is 30.0 Å². The van der Waals surface area contributed by atoms with Gasteiger partial charge in [-0.1, -0.05) is 29.4 Å². The first-order valence-electron chi connectivity index (χ1n) is 10.5. The van der Waals surface area contributed by atoms with Crippen molar-refractivity contribution in [2.24, 2.45) is 0 Å². The molecular weight excluding hydrogens is 489 g/mol. The molecule has 34 heavy (non-hydrogen) atoms. The zero-order valence-electron chi connectivity index (χ0n) is 17.6. The van der Waals surface area contributed by atoms with Crippen molar-refractivity contribution < 1.29 is 18.3 Å². The zero-order valence-corrected chi connectivity index (χ0v) is 19.2. The lowest BCUT2D eigenvalue weighted by Crippen LogP contribution is -2.22. The van der Waals surface area contributed by atoms with Crippen LogP contribution in [0.4, 0.5) is 13.2 Å². The van der Waals surface area contributed by atoms with Gasteiger partial charge in [0, 0.05) is 16.8 Å². The molecular formula is C23H18ClF3N4O2S. The third-order valence-electron chi connectivity index (χ3n) is 5.61. The summed E-state index contributed by atoms with van der Waals surface area (Å²) in [5.74, 6) is -0.0390. The first kappa shape index (κ1) is 22.8. The number of hydrogen-bond acceptors (Lipinski definition) is 5. The summed E-state index contributed by atoms with van der Waals surface area (Å²) in [6.45, 7) is 0. The lowest BCUT2D eigenvalue weighted by molar-refractivity contribution is -0.137. The Morgan fingerprint density at radius 3 is 2.53 bits per heavy atom. The number of phenolic OH excluding ortho intramolecular Hbond substituents is 1. The summed E-state index contributed by atoms with van der Waals surface area (Å²) in [4.78, 5) is 22.4. The Morgan fingerprint density at radius 2 is 1.88 bits per heavy atom. The standard InChI is InChI=1S/C23H18ClF3N4O2S/c24-15-3-5-17(6-4-15)31-21(33)19-20(30(12-28-19)16-7-8-16)29-22(31)34-10-9-13-1-2-14(11-18(13)32)23(25,26)27/h1-6,11-12,16,32H,7-10H2. The predicted octanol–water partition coefficient (Wildman–Crippen LogP) is 5.63. The van der Waals surface area contributed by atoms with Gasteiger partial charge in [0.2, 0.25) is 0 Å². The summed E-state index contributed by atoms with van der Waals surface area (Å²) in [5.41, 5.74) is 0.517. The fourth-order valence-electron chi connectivity index (χ4n) is 3.69. The number of aromatic nitrogens is 4. The maximum atomic E-state index is 13.4. The number of imidazole rings is 1. The molecule has 11 heteroatoms. The van der Waals surface area contributed by atoms with Crippen LogP contribution in [0.3, 0.4) is 0 Å². The highest BCUT2D eigenvalue weighted by Gasteiger charge is 2.31. The normalized spacial score (nSPS) is 14.1. The van der Waals surface area contributed by atoms with Crippen molar-refractivity contribution in [3.63, 3.8) is 0 Å². The summed E-state index contributed by atoms with van der Waals surface area (Å²) in [6.07, 6.45) is -0.599. The fraction of sp³-hybridized carbons (Fsp3) is 0.261. The quantitative estimate of drug-likeness (QED) is 0.271. The van der Waals surface area contributed by atoms with Gasteiger partial charge in [0.1, 0.15) is 5.75 Å². The Hall–Kier alpha value is -2.98. The van der Waals surface area contributed by atoms with Crippen molar-refractivity contribution in [3.8, 4) is 11.4 Å². The molecule has 2 heterocycles. The molecule has 2 aromatic carbocycles. The molecule has 4 aromatic rings. The van der Waals surface area contributed by atoms with Crippen LogP contribution >= 0.6 is 23.4 Å². The molecule has 2 aromatic heterocycles. The third-order valence-corrected chi connectivity index (χ3v) is 6.80. The molecule has 1 saturated carbocycles. The Balaban J connectivity index is 1.48. The van der Waals surface area contributed by atoms with E-state index < -0.39 is 17.5 Å². The molecule has 0 radical (unpaired) electrons. The molecule has 176 valence electrons. The number of aryl methyl sites for hydroxylation is 1. The van der Waals surface area contributed by atoms with Gasteiger partial charge in [-0.25, -0.2) is 9.97 Å². The van der Waals surface area contributed by atoms with E-state index in [1.807, 2.05) is 4.57 Å². The van der Waals surface area contributed by atoms with E-state index in [4.69, 9.17) is 16.6 Å². The van der Waals surface area contributed by atoms with Crippen molar-refractivity contribution in [2.75, 3.05) is 5.75 Å². The van der Waals surface area contributed by atoms with Crippen molar-refractivity contribution in [2.45, 2.75) is 36.6 Å². The predicted molar refractivity (Wildman–Crippen MR) is 124 cm³/mol. The highest BCUT2D eigenvalue weighted by Crippen LogP contribution is 2.37. The van der Waals surface area contributed by atoms with Crippen molar-refractivity contribution in [1.29, 1.82) is 0 Å². The van der Waals surface area contributed by atoms with Gasteiger partial charge in [-0.3, -0.25) is 9.36 Å². The van der Waals surface area contributed by atoms with Crippen LogP contribution in [-0.2, 0) is 12.6 Å². The van der Waals surface area contributed by atoms with Gasteiger partial charge in [0.05, 0.1) is 17.6 Å². The molecule has 0 aliphatic heterocycles. The van der Waals surface area contributed by atoms with E-state index in [2.05, 4.69) is 4.98 Å². The summed E-state index contributed by atoms with van der Waals surface area (Å²) >= 11 is 7.28. The Morgan fingerprint density at radius 1 is 1.15 bits per heavy atom. The van der Waals surface area contributed by atoms with E-state index in [0.717, 1.165) is 25.0 Å². The van der Waals surface area contributed by atoms with Crippen molar-refractivity contribution in [3.05, 3.63) is 75.3 Å². The number of alkyl halides is 3. The number of halogens is 4. The number of thioether (sulfide) groups is 1. The molecule has 1 aliphatic carbocycles. The summed E-state index contributed by atoms with van der Waals surface area (Å²) in [5, 5.41) is 11.0. The average molecular weight is 507 g/mol. The SMILES string of the molecule is O=c1c2ncn(C3CC3)c2nc(SCCc2ccc(C(F)(F)F)cc2O)n1-c1ccc(Cl)cc1. The van der Waals surface area contributed by atoms with Crippen LogP contribution in [0.5, 0.6) is 5.75 Å². The van der Waals surface area contributed by atoms with Crippen molar-refractivity contribution >= 4 is 34.5 Å². The lowest BCUT2D eigenvalue weighted by Gasteiger charge is -2.13. The molecule has 1 N–H and O–H groups in total. The first-order valence-corrected chi connectivity index (χ1v) is 11.9. The van der Waals surface area contributed by atoms with E-state index in [0.29, 0.717) is 32.8 Å². The maximum absolute atomic E-state index is 13.4. The molecule has 0 spiro atoms. The minimum Gasteiger partial charge on any atom is -0.508 e. The molecule has 1 fully saturated rings. The molecule has 0 unspecified atom stereocenters. The summed E-state index contributed by atoms with van der Waals surface area (Å²) < 4.78 is 42.0. The first-order chi connectivity index (χ1) is 16.2. The second kappa shape index (κ2) is 8.66. The Kier molecular flexibility index (Phi) is 5.81. The van der Waals surface area contributed by atoms with Gasteiger partial charge < -0.3 is 9.67 Å². The molecule has 0 bridgehead atoms. The van der Waals surface area contributed by atoms with Crippen LogP contribution in [0.1, 0.15) is 30.0 Å². The minimum atomic E-state index is -4.52. The van der Waals surface area contributed by atoms with Crippen LogP contribution in [0.25, 0.3) is 16.9 Å². The Bertz CT molecular complexity index is 1430. The number of rotatable bonds is 6. The highest BCUT2D eigenvalue weighted by molar-refractivity contribution is 7.99. The lowest BCUT2D eigenvalue weighted by atomic mass is 10.1. The van der Waals surface area contributed by atoms with E-state index in [1.54, 1.807) is 30.6 Å². The van der Waals surface area contributed by atoms with Crippen LogP contribution in [0, 0.1) is 0 Å². The van der Waals surface area contributed by atoms with Gasteiger partial charge in [0.15, 0.2) is 16.3 Å².